The summed E-state index contributed by atoms with van der Waals surface area (Å²) in [6.07, 6.45) is 0.644. The highest BCUT2D eigenvalue weighted by molar-refractivity contribution is 6.10. The van der Waals surface area contributed by atoms with Crippen LogP contribution in [0.4, 0.5) is 5.69 Å². The maximum atomic E-state index is 12.5. The second kappa shape index (κ2) is 6.76. The van der Waals surface area contributed by atoms with E-state index in [0.29, 0.717) is 24.2 Å². The Labute approximate surface area is 122 Å². The number of nitro groups is 1. The van der Waals surface area contributed by atoms with Gasteiger partial charge in [0.25, 0.3) is 5.69 Å². The third-order valence-electron chi connectivity index (χ3n) is 3.18. The van der Waals surface area contributed by atoms with Gasteiger partial charge in [0.15, 0.2) is 5.78 Å². The summed E-state index contributed by atoms with van der Waals surface area (Å²) >= 11 is 0. The first-order valence-corrected chi connectivity index (χ1v) is 6.49. The second-order valence-electron chi connectivity index (χ2n) is 4.53. The van der Waals surface area contributed by atoms with Gasteiger partial charge in [0, 0.05) is 30.4 Å². The van der Waals surface area contributed by atoms with Gasteiger partial charge in [-0.3, -0.25) is 14.9 Å². The molecule has 0 aliphatic rings. The van der Waals surface area contributed by atoms with E-state index in [1.54, 1.807) is 19.2 Å². The van der Waals surface area contributed by atoms with Crippen molar-refractivity contribution < 1.29 is 14.5 Å². The number of ether oxygens (including phenoxy) is 1. The van der Waals surface area contributed by atoms with Crippen molar-refractivity contribution in [1.29, 1.82) is 0 Å². The van der Waals surface area contributed by atoms with Gasteiger partial charge in [-0.1, -0.05) is 24.3 Å². The third kappa shape index (κ3) is 3.52. The second-order valence-corrected chi connectivity index (χ2v) is 4.53. The van der Waals surface area contributed by atoms with E-state index in [2.05, 4.69) is 0 Å². The predicted octanol–water partition coefficient (Wildman–Crippen LogP) is 3.01. The van der Waals surface area contributed by atoms with Crippen LogP contribution in [-0.4, -0.2) is 24.4 Å². The van der Waals surface area contributed by atoms with E-state index < -0.39 is 4.92 Å². The Balaban J connectivity index is 2.29. The number of methoxy groups -OCH3 is 1. The monoisotopic (exact) mass is 285 g/mol. The van der Waals surface area contributed by atoms with Gasteiger partial charge >= 0.3 is 0 Å². The zero-order valence-corrected chi connectivity index (χ0v) is 11.6. The number of carbonyl (C=O) groups is 1. The van der Waals surface area contributed by atoms with Gasteiger partial charge in [-0.15, -0.1) is 0 Å². The Kier molecular flexibility index (Phi) is 4.79. The highest BCUT2D eigenvalue weighted by Crippen LogP contribution is 2.18. The molecule has 21 heavy (non-hydrogen) atoms. The van der Waals surface area contributed by atoms with Crippen LogP contribution in [-0.2, 0) is 11.2 Å². The molecule has 0 N–H and O–H groups in total. The largest absolute Gasteiger partial charge is 0.384 e. The average molecular weight is 285 g/mol. The predicted molar refractivity (Wildman–Crippen MR) is 78.6 cm³/mol. The van der Waals surface area contributed by atoms with E-state index in [4.69, 9.17) is 4.74 Å². The van der Waals surface area contributed by atoms with Crippen molar-refractivity contribution in [2.75, 3.05) is 13.7 Å². The van der Waals surface area contributed by atoms with E-state index in [1.807, 2.05) is 12.1 Å². The minimum atomic E-state index is -0.485. The SMILES string of the molecule is COCCc1ccccc1C(=O)c1ccc([N+](=O)[O-])cc1. The van der Waals surface area contributed by atoms with Crippen molar-refractivity contribution >= 4 is 11.5 Å². The molecule has 0 spiro atoms. The molecule has 0 heterocycles. The summed E-state index contributed by atoms with van der Waals surface area (Å²) in [5.41, 5.74) is 1.91. The molecule has 0 saturated heterocycles. The molecule has 0 aliphatic heterocycles. The van der Waals surface area contributed by atoms with E-state index in [0.717, 1.165) is 5.56 Å². The van der Waals surface area contributed by atoms with Crippen LogP contribution in [0.2, 0.25) is 0 Å². The Bertz CT molecular complexity index is 650. The number of carbonyl (C=O) groups excluding carboxylic acids is 1. The Morgan fingerprint density at radius 1 is 1.14 bits per heavy atom. The lowest BCUT2D eigenvalue weighted by atomic mass is 9.97. The van der Waals surface area contributed by atoms with Crippen LogP contribution in [0.3, 0.4) is 0 Å². The highest BCUT2D eigenvalue weighted by Gasteiger charge is 2.14. The minimum absolute atomic E-state index is 0.0285. The smallest absolute Gasteiger partial charge is 0.269 e. The third-order valence-corrected chi connectivity index (χ3v) is 3.18. The van der Waals surface area contributed by atoms with E-state index in [1.165, 1.54) is 24.3 Å². The normalized spacial score (nSPS) is 10.3. The van der Waals surface area contributed by atoms with Gasteiger partial charge in [-0.25, -0.2) is 0 Å². The van der Waals surface area contributed by atoms with Gasteiger partial charge in [0.2, 0.25) is 0 Å². The molecule has 0 aromatic heterocycles. The maximum absolute atomic E-state index is 12.5. The van der Waals surface area contributed by atoms with Gasteiger partial charge in [0.1, 0.15) is 0 Å². The number of benzene rings is 2. The van der Waals surface area contributed by atoms with Gasteiger partial charge in [0.05, 0.1) is 11.5 Å². The summed E-state index contributed by atoms with van der Waals surface area (Å²) in [6.45, 7) is 0.532. The fourth-order valence-electron chi connectivity index (χ4n) is 2.06. The summed E-state index contributed by atoms with van der Waals surface area (Å²) in [5.74, 6) is -0.142. The first kappa shape index (κ1) is 14.9. The molecule has 0 saturated carbocycles. The number of nitrogens with zero attached hydrogens (tertiary/aromatic N) is 1. The van der Waals surface area contributed by atoms with Gasteiger partial charge in [-0.2, -0.15) is 0 Å². The number of rotatable bonds is 6. The van der Waals surface area contributed by atoms with Crippen LogP contribution in [0.15, 0.2) is 48.5 Å². The summed E-state index contributed by atoms with van der Waals surface area (Å²) in [5, 5.41) is 10.6. The molecule has 0 atom stereocenters. The Morgan fingerprint density at radius 3 is 2.43 bits per heavy atom. The molecule has 0 radical (unpaired) electrons. The number of hydrogen-bond acceptors (Lipinski definition) is 4. The van der Waals surface area contributed by atoms with Crippen molar-refractivity contribution in [2.24, 2.45) is 0 Å². The quantitative estimate of drug-likeness (QED) is 0.465. The number of ketones is 1. The summed E-state index contributed by atoms with van der Waals surface area (Å²) in [6, 6.07) is 13.0. The van der Waals surface area contributed by atoms with Crippen LogP contribution in [0.1, 0.15) is 21.5 Å². The zero-order valence-electron chi connectivity index (χ0n) is 11.6. The Hall–Kier alpha value is -2.53. The zero-order chi connectivity index (χ0) is 15.2. The summed E-state index contributed by atoms with van der Waals surface area (Å²) < 4.78 is 5.04. The fraction of sp³-hybridized carbons (Fsp3) is 0.188. The first-order valence-electron chi connectivity index (χ1n) is 6.49. The van der Waals surface area contributed by atoms with Crippen molar-refractivity contribution in [3.05, 3.63) is 75.3 Å². The lowest BCUT2D eigenvalue weighted by Gasteiger charge is -2.08. The average Bonchev–Trinajstić information content (AvgIpc) is 2.52. The van der Waals surface area contributed by atoms with Crippen LogP contribution >= 0.6 is 0 Å². The molecule has 0 bridgehead atoms. The van der Waals surface area contributed by atoms with E-state index >= 15 is 0 Å². The molecule has 0 aliphatic carbocycles. The van der Waals surface area contributed by atoms with Crippen LogP contribution < -0.4 is 0 Å². The minimum Gasteiger partial charge on any atom is -0.384 e. The molecule has 5 nitrogen and oxygen atoms in total. The lowest BCUT2D eigenvalue weighted by Crippen LogP contribution is -2.07. The molecule has 0 amide bonds. The van der Waals surface area contributed by atoms with E-state index in [9.17, 15) is 14.9 Å². The van der Waals surface area contributed by atoms with Crippen molar-refractivity contribution in [2.45, 2.75) is 6.42 Å². The number of nitro benzene ring substituents is 1. The standard InChI is InChI=1S/C16H15NO4/c1-21-11-10-12-4-2-3-5-15(12)16(18)13-6-8-14(9-7-13)17(19)20/h2-9H,10-11H2,1H3. The van der Waals surface area contributed by atoms with Crippen LogP contribution in [0.25, 0.3) is 0 Å². The molecular weight excluding hydrogens is 270 g/mol. The molecular formula is C16H15NO4. The van der Waals surface area contributed by atoms with Crippen molar-refractivity contribution in [3.63, 3.8) is 0 Å². The molecule has 0 unspecified atom stereocenters. The summed E-state index contributed by atoms with van der Waals surface area (Å²) in [4.78, 5) is 22.6. The summed E-state index contributed by atoms with van der Waals surface area (Å²) in [7, 11) is 1.61. The topological polar surface area (TPSA) is 69.4 Å². The maximum Gasteiger partial charge on any atom is 0.269 e. The number of non-ortho nitro benzene ring substituents is 1. The molecule has 108 valence electrons. The lowest BCUT2D eigenvalue weighted by molar-refractivity contribution is -0.384. The Morgan fingerprint density at radius 2 is 1.81 bits per heavy atom. The van der Waals surface area contributed by atoms with Crippen LogP contribution in [0.5, 0.6) is 0 Å². The van der Waals surface area contributed by atoms with Gasteiger partial charge < -0.3 is 4.74 Å². The van der Waals surface area contributed by atoms with E-state index in [-0.39, 0.29) is 11.5 Å². The number of hydrogen-bond donors (Lipinski definition) is 0. The van der Waals surface area contributed by atoms with Crippen molar-refractivity contribution in [3.8, 4) is 0 Å². The molecule has 2 aromatic rings. The first-order chi connectivity index (χ1) is 10.1. The highest BCUT2D eigenvalue weighted by atomic mass is 16.6. The molecule has 5 heteroatoms. The van der Waals surface area contributed by atoms with Crippen LogP contribution in [0, 0.1) is 10.1 Å². The fourth-order valence-corrected chi connectivity index (χ4v) is 2.06. The van der Waals surface area contributed by atoms with Gasteiger partial charge in [-0.05, 0) is 24.1 Å². The molecule has 0 fully saturated rings. The van der Waals surface area contributed by atoms with Crippen molar-refractivity contribution in [1.82, 2.24) is 0 Å². The molecule has 2 aromatic carbocycles. The molecule has 2 rings (SSSR count).